The second kappa shape index (κ2) is 8.24. The van der Waals surface area contributed by atoms with Crippen molar-refractivity contribution in [2.75, 3.05) is 19.5 Å². The minimum Gasteiger partial charge on any atom is -0.496 e. The minimum atomic E-state index is -0.317. The van der Waals surface area contributed by atoms with Crippen LogP contribution in [-0.4, -0.2) is 25.6 Å². The summed E-state index contributed by atoms with van der Waals surface area (Å²) in [6.45, 7) is 0. The van der Waals surface area contributed by atoms with Gasteiger partial charge in [-0.1, -0.05) is 29.4 Å². The lowest BCUT2D eigenvalue weighted by molar-refractivity contribution is -0.116. The van der Waals surface area contributed by atoms with Crippen LogP contribution in [0.15, 0.2) is 45.8 Å². The van der Waals surface area contributed by atoms with E-state index in [-0.39, 0.29) is 11.4 Å². The van der Waals surface area contributed by atoms with Gasteiger partial charge in [-0.2, -0.15) is 0 Å². The van der Waals surface area contributed by atoms with Crippen molar-refractivity contribution in [1.82, 2.24) is 5.32 Å². The monoisotopic (exact) mass is 454 g/mol. The summed E-state index contributed by atoms with van der Waals surface area (Å²) in [5.41, 5.74) is 1.30. The third-order valence-electron chi connectivity index (χ3n) is 3.65. The molecule has 26 heavy (non-hydrogen) atoms. The van der Waals surface area contributed by atoms with E-state index in [1.165, 1.54) is 11.8 Å². The molecule has 1 heterocycles. The highest BCUT2D eigenvalue weighted by Crippen LogP contribution is 2.35. The number of anilines is 1. The summed E-state index contributed by atoms with van der Waals surface area (Å²) in [6, 6.07) is 10.9. The molecule has 0 aromatic heterocycles. The Morgan fingerprint density at radius 2 is 1.92 bits per heavy atom. The van der Waals surface area contributed by atoms with Gasteiger partial charge in [0.1, 0.15) is 11.5 Å². The third-order valence-corrected chi connectivity index (χ3v) is 5.54. The molecule has 2 aromatic carbocycles. The molecule has 1 aliphatic heterocycles. The van der Waals surface area contributed by atoms with Crippen molar-refractivity contribution in [1.29, 1.82) is 0 Å². The average molecular weight is 456 g/mol. The van der Waals surface area contributed by atoms with Crippen molar-refractivity contribution in [2.24, 2.45) is 0 Å². The second-order valence-electron chi connectivity index (χ2n) is 5.36. The number of hydrogen-bond donors (Lipinski definition) is 2. The summed E-state index contributed by atoms with van der Waals surface area (Å²) >= 11 is 10.9. The Hall–Kier alpha value is -1.83. The zero-order chi connectivity index (χ0) is 18.7. The molecule has 2 N–H and O–H groups in total. The molecule has 5 nitrogen and oxygen atoms in total. The number of methoxy groups -OCH3 is 2. The maximum Gasteiger partial charge on any atom is 0.260 e. The number of halogens is 2. The summed E-state index contributed by atoms with van der Waals surface area (Å²) in [5.74, 6) is 1.25. The molecule has 136 valence electrons. The first-order chi connectivity index (χ1) is 12.5. The third kappa shape index (κ3) is 4.28. The Balaban J connectivity index is 1.76. The predicted molar refractivity (Wildman–Crippen MR) is 110 cm³/mol. The molecule has 1 aliphatic rings. The van der Waals surface area contributed by atoms with Gasteiger partial charge in [-0.05, 0) is 57.9 Å². The average Bonchev–Trinajstić information content (AvgIpc) is 2.94. The van der Waals surface area contributed by atoms with Gasteiger partial charge in [0.05, 0.1) is 29.3 Å². The first-order valence-electron chi connectivity index (χ1n) is 7.63. The van der Waals surface area contributed by atoms with Crippen molar-refractivity contribution < 1.29 is 14.3 Å². The molecule has 8 heteroatoms. The summed E-state index contributed by atoms with van der Waals surface area (Å²) in [7, 11) is 3.19. The molecule has 1 saturated heterocycles. The smallest absolute Gasteiger partial charge is 0.260 e. The number of amides is 1. The Bertz CT molecular complexity index is 876. The predicted octanol–water partition coefficient (Wildman–Crippen LogP) is 4.72. The first-order valence-corrected chi connectivity index (χ1v) is 9.68. The lowest BCUT2D eigenvalue weighted by Crippen LogP contribution is -2.31. The van der Waals surface area contributed by atoms with Gasteiger partial charge in [-0.25, -0.2) is 0 Å². The Labute approximate surface area is 169 Å². The number of carbonyl (C=O) groups excluding carboxylic acids is 1. The molecule has 1 fully saturated rings. The maximum absolute atomic E-state index is 12.3. The molecule has 1 amide bonds. The van der Waals surface area contributed by atoms with Crippen LogP contribution in [0.3, 0.4) is 0 Å². The van der Waals surface area contributed by atoms with E-state index in [0.717, 1.165) is 15.8 Å². The number of carbonyl (C=O) groups is 1. The van der Waals surface area contributed by atoms with Crippen molar-refractivity contribution in [3.05, 3.63) is 56.4 Å². The fraction of sp³-hybridized carbons (Fsp3) is 0.167. The topological polar surface area (TPSA) is 59.6 Å². The summed E-state index contributed by atoms with van der Waals surface area (Å²) in [6.07, 6.45) is 1.83. The Kier molecular flexibility index (Phi) is 6.01. The molecule has 1 atom stereocenters. The fourth-order valence-electron chi connectivity index (χ4n) is 2.42. The van der Waals surface area contributed by atoms with E-state index >= 15 is 0 Å². The Morgan fingerprint density at radius 1 is 1.19 bits per heavy atom. The molecule has 0 saturated carbocycles. The SMILES string of the molecule is COc1ccc(/C=C2\SC(Nc3cc(Cl)ccc3OC)NC2=O)cc1Br. The van der Waals surface area contributed by atoms with E-state index in [1.807, 2.05) is 24.3 Å². The van der Waals surface area contributed by atoms with Crippen LogP contribution in [-0.2, 0) is 4.79 Å². The number of nitrogens with one attached hydrogen (secondary N) is 2. The van der Waals surface area contributed by atoms with Crippen LogP contribution in [0.1, 0.15) is 5.56 Å². The van der Waals surface area contributed by atoms with Gasteiger partial charge in [-0.15, -0.1) is 0 Å². The van der Waals surface area contributed by atoms with Gasteiger partial charge >= 0.3 is 0 Å². The summed E-state index contributed by atoms with van der Waals surface area (Å²) in [4.78, 5) is 12.9. The van der Waals surface area contributed by atoms with E-state index in [1.54, 1.807) is 32.4 Å². The molecule has 0 spiro atoms. The second-order valence-corrected chi connectivity index (χ2v) is 7.80. The molecule has 0 radical (unpaired) electrons. The van der Waals surface area contributed by atoms with E-state index in [0.29, 0.717) is 21.4 Å². The van der Waals surface area contributed by atoms with Crippen molar-refractivity contribution >= 4 is 57.0 Å². The van der Waals surface area contributed by atoms with Crippen LogP contribution in [0.25, 0.3) is 6.08 Å². The molecule has 0 aliphatic carbocycles. The normalized spacial score (nSPS) is 17.9. The maximum atomic E-state index is 12.3. The van der Waals surface area contributed by atoms with Gasteiger partial charge in [-0.3, -0.25) is 4.79 Å². The summed E-state index contributed by atoms with van der Waals surface area (Å²) < 4.78 is 11.4. The van der Waals surface area contributed by atoms with Gasteiger partial charge < -0.3 is 20.1 Å². The lowest BCUT2D eigenvalue weighted by Gasteiger charge is -2.15. The number of ether oxygens (including phenoxy) is 2. The minimum absolute atomic E-state index is 0.138. The number of benzene rings is 2. The van der Waals surface area contributed by atoms with Gasteiger partial charge in [0.15, 0.2) is 5.50 Å². The van der Waals surface area contributed by atoms with Crippen LogP contribution < -0.4 is 20.1 Å². The molecule has 0 bridgehead atoms. The van der Waals surface area contributed by atoms with Gasteiger partial charge in [0.25, 0.3) is 5.91 Å². The Morgan fingerprint density at radius 3 is 2.62 bits per heavy atom. The van der Waals surface area contributed by atoms with Crippen LogP contribution in [0.5, 0.6) is 11.5 Å². The van der Waals surface area contributed by atoms with E-state index in [2.05, 4.69) is 26.6 Å². The standard InChI is InChI=1S/C18H16BrClN2O3S/c1-24-14-5-3-10(7-12(14)19)8-16-17(23)22-18(26-16)21-13-9-11(20)4-6-15(13)25-2/h3-9,18,21H,1-2H3,(H,22,23)/b16-8-. The van der Waals surface area contributed by atoms with Crippen LogP contribution in [0, 0.1) is 0 Å². The van der Waals surface area contributed by atoms with Crippen LogP contribution >= 0.6 is 39.3 Å². The zero-order valence-electron chi connectivity index (χ0n) is 14.0. The van der Waals surface area contributed by atoms with Crippen LogP contribution in [0.4, 0.5) is 5.69 Å². The van der Waals surface area contributed by atoms with Gasteiger partial charge in [0.2, 0.25) is 0 Å². The largest absolute Gasteiger partial charge is 0.496 e. The first kappa shape index (κ1) is 18.9. The van der Waals surface area contributed by atoms with Gasteiger partial charge in [0, 0.05) is 5.02 Å². The van der Waals surface area contributed by atoms with E-state index in [9.17, 15) is 4.79 Å². The molecule has 1 unspecified atom stereocenters. The molecule has 3 rings (SSSR count). The van der Waals surface area contributed by atoms with Crippen molar-refractivity contribution in [3.8, 4) is 11.5 Å². The number of thioether (sulfide) groups is 1. The molecular weight excluding hydrogens is 440 g/mol. The molecule has 2 aromatic rings. The number of hydrogen-bond acceptors (Lipinski definition) is 5. The highest BCUT2D eigenvalue weighted by molar-refractivity contribution is 9.10. The highest BCUT2D eigenvalue weighted by atomic mass is 79.9. The number of rotatable bonds is 5. The van der Waals surface area contributed by atoms with E-state index in [4.69, 9.17) is 21.1 Å². The quantitative estimate of drug-likeness (QED) is 0.639. The fourth-order valence-corrected chi connectivity index (χ4v) is 4.13. The summed E-state index contributed by atoms with van der Waals surface area (Å²) in [5, 5.41) is 6.70. The zero-order valence-corrected chi connectivity index (χ0v) is 17.2. The highest BCUT2D eigenvalue weighted by Gasteiger charge is 2.27. The lowest BCUT2D eigenvalue weighted by atomic mass is 10.2. The van der Waals surface area contributed by atoms with Crippen LogP contribution in [0.2, 0.25) is 5.02 Å². The van der Waals surface area contributed by atoms with E-state index < -0.39 is 0 Å². The van der Waals surface area contributed by atoms with Crippen molar-refractivity contribution in [2.45, 2.75) is 5.50 Å². The van der Waals surface area contributed by atoms with Crippen molar-refractivity contribution in [3.63, 3.8) is 0 Å². The molecular formula is C18H16BrClN2O3S.